The first-order valence-electron chi connectivity index (χ1n) is 3.88. The summed E-state index contributed by atoms with van der Waals surface area (Å²) in [6, 6.07) is 5.40. The first-order chi connectivity index (χ1) is 6.63. The normalized spacial score (nSPS) is 10.5. The summed E-state index contributed by atoms with van der Waals surface area (Å²) in [5, 5.41) is 0. The summed E-state index contributed by atoms with van der Waals surface area (Å²) in [4.78, 5) is 10.7. The lowest BCUT2D eigenvalue weighted by Crippen LogP contribution is -2.01. The highest BCUT2D eigenvalue weighted by Crippen LogP contribution is 2.24. The van der Waals surface area contributed by atoms with E-state index in [1.807, 2.05) is 16.2 Å². The van der Waals surface area contributed by atoms with Gasteiger partial charge < -0.3 is 4.74 Å². The molecule has 0 bridgehead atoms. The van der Waals surface area contributed by atoms with Gasteiger partial charge in [-0.1, -0.05) is 38.5 Å². The lowest BCUT2D eigenvalue weighted by Gasteiger charge is -2.03. The third kappa shape index (κ3) is 3.42. The molecular formula is C10H8BrIO2. The minimum Gasteiger partial charge on any atom is -0.427 e. The second-order valence-electron chi connectivity index (χ2n) is 2.57. The van der Waals surface area contributed by atoms with Gasteiger partial charge in [0.1, 0.15) is 5.75 Å². The summed E-state index contributed by atoms with van der Waals surface area (Å²) in [7, 11) is 0. The van der Waals surface area contributed by atoms with Crippen LogP contribution in [0.2, 0.25) is 0 Å². The minimum atomic E-state index is -0.309. The van der Waals surface area contributed by atoms with Gasteiger partial charge in [-0.2, -0.15) is 0 Å². The summed E-state index contributed by atoms with van der Waals surface area (Å²) >= 11 is 5.54. The number of carbonyl (C=O) groups excluding carboxylic acids is 1. The number of carbonyl (C=O) groups is 1. The molecule has 0 fully saturated rings. The van der Waals surface area contributed by atoms with Crippen LogP contribution in [0.3, 0.4) is 0 Å². The van der Waals surface area contributed by atoms with Crippen molar-refractivity contribution in [3.05, 3.63) is 32.3 Å². The van der Waals surface area contributed by atoms with Crippen LogP contribution in [0.4, 0.5) is 0 Å². The molecule has 1 rings (SSSR count). The molecule has 0 saturated carbocycles. The number of hydrogen-bond acceptors (Lipinski definition) is 2. The van der Waals surface area contributed by atoms with Crippen LogP contribution >= 0.6 is 38.5 Å². The van der Waals surface area contributed by atoms with Crippen molar-refractivity contribution >= 4 is 50.6 Å². The highest BCUT2D eigenvalue weighted by Gasteiger charge is 2.01. The quantitative estimate of drug-likeness (QED) is 0.452. The van der Waals surface area contributed by atoms with Crippen LogP contribution in [0.15, 0.2) is 26.8 Å². The average molecular weight is 367 g/mol. The van der Waals surface area contributed by atoms with Gasteiger partial charge in [-0.15, -0.1) is 0 Å². The molecule has 0 N–H and O–H groups in total. The lowest BCUT2D eigenvalue weighted by atomic mass is 10.2. The van der Waals surface area contributed by atoms with E-state index in [1.54, 1.807) is 12.1 Å². The maximum atomic E-state index is 10.7. The SMILES string of the molecule is CC(=O)Oc1ccc(Br)c(/C=C\I)c1. The highest BCUT2D eigenvalue weighted by atomic mass is 127. The zero-order valence-electron chi connectivity index (χ0n) is 7.46. The largest absolute Gasteiger partial charge is 0.427 e. The summed E-state index contributed by atoms with van der Waals surface area (Å²) in [5.41, 5.74) is 0.984. The van der Waals surface area contributed by atoms with E-state index in [9.17, 15) is 4.79 Å². The standard InChI is InChI=1S/C10H8BrIO2/c1-7(13)14-9-2-3-10(11)8(6-9)4-5-12/h2-6H,1H3/b5-4-. The number of esters is 1. The monoisotopic (exact) mass is 366 g/mol. The van der Waals surface area contributed by atoms with Crippen molar-refractivity contribution in [2.45, 2.75) is 6.92 Å². The fraction of sp³-hybridized carbons (Fsp3) is 0.100. The second kappa shape index (κ2) is 5.50. The maximum Gasteiger partial charge on any atom is 0.308 e. The average Bonchev–Trinajstić information content (AvgIpc) is 2.10. The molecule has 74 valence electrons. The Labute approximate surface area is 105 Å². The fourth-order valence-electron chi connectivity index (χ4n) is 0.947. The molecule has 14 heavy (non-hydrogen) atoms. The molecule has 0 atom stereocenters. The van der Waals surface area contributed by atoms with Crippen LogP contribution in [-0.4, -0.2) is 5.97 Å². The van der Waals surface area contributed by atoms with Gasteiger partial charge in [0.2, 0.25) is 0 Å². The first kappa shape index (κ1) is 11.7. The van der Waals surface area contributed by atoms with Gasteiger partial charge in [0.05, 0.1) is 0 Å². The van der Waals surface area contributed by atoms with E-state index in [4.69, 9.17) is 4.74 Å². The Kier molecular flexibility index (Phi) is 4.60. The molecule has 1 aromatic rings. The Bertz CT molecular complexity index is 374. The van der Waals surface area contributed by atoms with Crippen LogP contribution in [0, 0.1) is 0 Å². The zero-order valence-corrected chi connectivity index (χ0v) is 11.2. The van der Waals surface area contributed by atoms with E-state index in [0.29, 0.717) is 5.75 Å². The summed E-state index contributed by atoms with van der Waals surface area (Å²) in [6.45, 7) is 1.38. The Morgan fingerprint density at radius 3 is 2.86 bits per heavy atom. The molecule has 0 aromatic heterocycles. The van der Waals surface area contributed by atoms with Crippen LogP contribution in [0.5, 0.6) is 5.75 Å². The van der Waals surface area contributed by atoms with Crippen molar-refractivity contribution in [1.29, 1.82) is 0 Å². The molecule has 0 spiro atoms. The molecule has 0 radical (unpaired) electrons. The minimum absolute atomic E-state index is 0.309. The van der Waals surface area contributed by atoms with Crippen molar-refractivity contribution in [2.75, 3.05) is 0 Å². The molecule has 0 heterocycles. The smallest absolute Gasteiger partial charge is 0.308 e. The number of hydrogen-bond donors (Lipinski definition) is 0. The van der Waals surface area contributed by atoms with Crippen molar-refractivity contribution < 1.29 is 9.53 Å². The lowest BCUT2D eigenvalue weighted by molar-refractivity contribution is -0.131. The van der Waals surface area contributed by atoms with E-state index in [0.717, 1.165) is 10.0 Å². The Hall–Kier alpha value is -0.360. The zero-order chi connectivity index (χ0) is 10.6. The molecular weight excluding hydrogens is 359 g/mol. The van der Waals surface area contributed by atoms with Crippen LogP contribution in [-0.2, 0) is 4.79 Å². The van der Waals surface area contributed by atoms with Gasteiger partial charge in [0.25, 0.3) is 0 Å². The van der Waals surface area contributed by atoms with Gasteiger partial charge in [-0.3, -0.25) is 4.79 Å². The number of ether oxygens (including phenoxy) is 1. The summed E-state index contributed by atoms with van der Waals surface area (Å²) in [5.74, 6) is 0.252. The Morgan fingerprint density at radius 1 is 1.57 bits per heavy atom. The van der Waals surface area contributed by atoms with Crippen molar-refractivity contribution in [3.8, 4) is 5.75 Å². The van der Waals surface area contributed by atoms with Crippen molar-refractivity contribution in [3.63, 3.8) is 0 Å². The first-order valence-corrected chi connectivity index (χ1v) is 5.92. The molecule has 0 amide bonds. The summed E-state index contributed by atoms with van der Waals surface area (Å²) in [6.07, 6.45) is 1.93. The molecule has 1 aromatic carbocycles. The van der Waals surface area contributed by atoms with E-state index >= 15 is 0 Å². The Morgan fingerprint density at radius 2 is 2.29 bits per heavy atom. The topological polar surface area (TPSA) is 26.3 Å². The molecule has 0 unspecified atom stereocenters. The molecule has 0 aliphatic carbocycles. The van der Waals surface area contributed by atoms with Gasteiger partial charge in [-0.05, 0) is 33.9 Å². The number of halogens is 2. The third-order valence-corrected chi connectivity index (χ3v) is 2.55. The van der Waals surface area contributed by atoms with E-state index < -0.39 is 0 Å². The third-order valence-electron chi connectivity index (χ3n) is 1.47. The molecule has 4 heteroatoms. The van der Waals surface area contributed by atoms with E-state index in [2.05, 4.69) is 38.5 Å². The van der Waals surface area contributed by atoms with Gasteiger partial charge in [-0.25, -0.2) is 0 Å². The Balaban J connectivity index is 3.00. The maximum absolute atomic E-state index is 10.7. The fourth-order valence-corrected chi connectivity index (χ4v) is 1.71. The molecule has 0 aliphatic rings. The van der Waals surface area contributed by atoms with Gasteiger partial charge >= 0.3 is 5.97 Å². The van der Waals surface area contributed by atoms with Crippen molar-refractivity contribution in [2.24, 2.45) is 0 Å². The molecule has 2 nitrogen and oxygen atoms in total. The van der Waals surface area contributed by atoms with Crippen LogP contribution in [0.25, 0.3) is 6.08 Å². The predicted molar refractivity (Wildman–Crippen MR) is 68.5 cm³/mol. The van der Waals surface area contributed by atoms with E-state index in [1.165, 1.54) is 6.92 Å². The number of benzene rings is 1. The predicted octanol–water partition coefficient (Wildman–Crippen LogP) is 3.78. The van der Waals surface area contributed by atoms with Gasteiger partial charge in [0, 0.05) is 11.4 Å². The van der Waals surface area contributed by atoms with Gasteiger partial charge in [0.15, 0.2) is 0 Å². The molecule has 0 saturated heterocycles. The van der Waals surface area contributed by atoms with Crippen molar-refractivity contribution in [1.82, 2.24) is 0 Å². The van der Waals surface area contributed by atoms with Crippen LogP contribution < -0.4 is 4.74 Å². The highest BCUT2D eigenvalue weighted by molar-refractivity contribution is 14.1. The number of rotatable bonds is 2. The second-order valence-corrected chi connectivity index (χ2v) is 4.14. The summed E-state index contributed by atoms with van der Waals surface area (Å²) < 4.78 is 7.83. The van der Waals surface area contributed by atoms with Crippen LogP contribution in [0.1, 0.15) is 12.5 Å². The van der Waals surface area contributed by atoms with E-state index in [-0.39, 0.29) is 5.97 Å². The molecule has 0 aliphatic heterocycles.